The predicted octanol–water partition coefficient (Wildman–Crippen LogP) is -0.465. The van der Waals surface area contributed by atoms with Gasteiger partial charge in [0.2, 0.25) is 5.91 Å². The van der Waals surface area contributed by atoms with Gasteiger partial charge in [0, 0.05) is 6.42 Å². The summed E-state index contributed by atoms with van der Waals surface area (Å²) in [5.41, 5.74) is 0.413. The molecule has 0 saturated heterocycles. The lowest BCUT2D eigenvalue weighted by Crippen LogP contribution is -2.41. The van der Waals surface area contributed by atoms with E-state index in [1.165, 1.54) is 0 Å². The smallest absolute Gasteiger partial charge is 0.272 e. The van der Waals surface area contributed by atoms with Gasteiger partial charge in [-0.15, -0.1) is 0 Å². The molecule has 1 rings (SSSR count). The molecule has 1 N–H and O–H groups in total. The SMILES string of the molecule is CC1=C(C#N)C(=O)N(CO)C(=O)C1. The highest BCUT2D eigenvalue weighted by Gasteiger charge is 2.30. The molecule has 1 heterocycles. The minimum Gasteiger partial charge on any atom is -0.376 e. The van der Waals surface area contributed by atoms with E-state index in [0.717, 1.165) is 0 Å². The molecule has 0 aromatic rings. The molecule has 0 bridgehead atoms. The molecule has 0 aromatic carbocycles. The zero-order valence-electron chi connectivity index (χ0n) is 7.07. The van der Waals surface area contributed by atoms with Gasteiger partial charge in [-0.25, -0.2) is 0 Å². The van der Waals surface area contributed by atoms with Crippen LogP contribution in [0.15, 0.2) is 11.1 Å². The maximum absolute atomic E-state index is 11.3. The Balaban J connectivity index is 3.12. The second-order valence-corrected chi connectivity index (χ2v) is 2.71. The second kappa shape index (κ2) is 3.37. The van der Waals surface area contributed by atoms with E-state index < -0.39 is 18.5 Å². The summed E-state index contributed by atoms with van der Waals surface area (Å²) < 4.78 is 0. The van der Waals surface area contributed by atoms with Gasteiger partial charge < -0.3 is 5.11 Å². The van der Waals surface area contributed by atoms with Crippen LogP contribution in [0.3, 0.4) is 0 Å². The molecule has 5 nitrogen and oxygen atoms in total. The number of carbonyl (C=O) groups is 2. The molecule has 2 amide bonds. The van der Waals surface area contributed by atoms with Crippen molar-refractivity contribution in [3.8, 4) is 6.07 Å². The van der Waals surface area contributed by atoms with Crippen molar-refractivity contribution in [3.63, 3.8) is 0 Å². The lowest BCUT2D eigenvalue weighted by molar-refractivity contribution is -0.147. The first-order valence-corrected chi connectivity index (χ1v) is 3.67. The third-order valence-corrected chi connectivity index (χ3v) is 1.86. The van der Waals surface area contributed by atoms with Crippen LogP contribution >= 0.6 is 0 Å². The van der Waals surface area contributed by atoms with Crippen molar-refractivity contribution in [2.45, 2.75) is 13.3 Å². The average Bonchev–Trinajstić information content (AvgIpc) is 2.04. The molecule has 0 aromatic heterocycles. The number of nitriles is 1. The minimum atomic E-state index is -0.709. The van der Waals surface area contributed by atoms with Gasteiger partial charge in [0.15, 0.2) is 0 Å². The van der Waals surface area contributed by atoms with Crippen LogP contribution in [0.5, 0.6) is 0 Å². The molecule has 0 saturated carbocycles. The van der Waals surface area contributed by atoms with Crippen molar-refractivity contribution in [1.29, 1.82) is 5.26 Å². The Bertz CT molecular complexity index is 338. The summed E-state index contributed by atoms with van der Waals surface area (Å²) in [6.07, 6.45) is 0.0230. The number of aliphatic hydroxyl groups is 1. The lowest BCUT2D eigenvalue weighted by atomic mass is 10.0. The molecular formula is C8H8N2O3. The monoisotopic (exact) mass is 180 g/mol. The Morgan fingerprint density at radius 2 is 2.23 bits per heavy atom. The van der Waals surface area contributed by atoms with Crippen LogP contribution in [-0.4, -0.2) is 28.6 Å². The summed E-state index contributed by atoms with van der Waals surface area (Å²) in [7, 11) is 0. The summed E-state index contributed by atoms with van der Waals surface area (Å²) in [5.74, 6) is -1.18. The zero-order chi connectivity index (χ0) is 10.0. The van der Waals surface area contributed by atoms with Crippen molar-refractivity contribution in [2.24, 2.45) is 0 Å². The van der Waals surface area contributed by atoms with Gasteiger partial charge in [0.1, 0.15) is 18.4 Å². The number of imide groups is 1. The average molecular weight is 180 g/mol. The number of amides is 2. The van der Waals surface area contributed by atoms with Crippen molar-refractivity contribution in [2.75, 3.05) is 6.73 Å². The van der Waals surface area contributed by atoms with E-state index in [4.69, 9.17) is 10.4 Å². The number of nitrogens with zero attached hydrogens (tertiary/aromatic N) is 2. The molecule has 0 atom stereocenters. The van der Waals surface area contributed by atoms with Crippen molar-refractivity contribution >= 4 is 11.8 Å². The van der Waals surface area contributed by atoms with Crippen LogP contribution in [0, 0.1) is 11.3 Å². The number of carbonyl (C=O) groups excluding carboxylic acids is 2. The Hall–Kier alpha value is -1.67. The Kier molecular flexibility index (Phi) is 2.44. The van der Waals surface area contributed by atoms with E-state index in [9.17, 15) is 9.59 Å². The second-order valence-electron chi connectivity index (χ2n) is 2.71. The molecule has 5 heteroatoms. The van der Waals surface area contributed by atoms with Gasteiger partial charge in [-0.2, -0.15) is 5.26 Å². The van der Waals surface area contributed by atoms with Gasteiger partial charge in [-0.3, -0.25) is 14.5 Å². The maximum atomic E-state index is 11.3. The summed E-state index contributed by atoms with van der Waals surface area (Å²) >= 11 is 0. The lowest BCUT2D eigenvalue weighted by Gasteiger charge is -2.22. The van der Waals surface area contributed by atoms with Crippen molar-refractivity contribution in [1.82, 2.24) is 4.90 Å². The zero-order valence-corrected chi connectivity index (χ0v) is 7.07. The number of aliphatic hydroxyl groups excluding tert-OH is 1. The van der Waals surface area contributed by atoms with E-state index >= 15 is 0 Å². The van der Waals surface area contributed by atoms with Crippen molar-refractivity contribution in [3.05, 3.63) is 11.1 Å². The van der Waals surface area contributed by atoms with Crippen LogP contribution in [0.1, 0.15) is 13.3 Å². The quantitative estimate of drug-likeness (QED) is 0.553. The summed E-state index contributed by atoms with van der Waals surface area (Å²) in [6.45, 7) is 0.888. The molecule has 0 fully saturated rings. The third kappa shape index (κ3) is 1.44. The topological polar surface area (TPSA) is 81.4 Å². The highest BCUT2D eigenvalue weighted by Crippen LogP contribution is 2.18. The maximum Gasteiger partial charge on any atom is 0.272 e. The normalized spacial score (nSPS) is 17.8. The van der Waals surface area contributed by atoms with E-state index in [0.29, 0.717) is 10.5 Å². The molecule has 1 aliphatic rings. The number of hydrogen-bond acceptors (Lipinski definition) is 4. The molecular weight excluding hydrogens is 172 g/mol. The van der Waals surface area contributed by atoms with E-state index in [2.05, 4.69) is 0 Å². The highest BCUT2D eigenvalue weighted by molar-refractivity contribution is 6.10. The van der Waals surface area contributed by atoms with Crippen molar-refractivity contribution < 1.29 is 14.7 Å². The summed E-state index contributed by atoms with van der Waals surface area (Å²) in [6, 6.07) is 1.71. The standard InChI is InChI=1S/C8H8N2O3/c1-5-2-7(12)10(4-11)8(13)6(5)3-9/h11H,2,4H2,1H3. The van der Waals surface area contributed by atoms with E-state index in [1.54, 1.807) is 13.0 Å². The van der Waals surface area contributed by atoms with Gasteiger partial charge in [0.25, 0.3) is 5.91 Å². The fourth-order valence-electron chi connectivity index (χ4n) is 1.13. The molecule has 0 spiro atoms. The highest BCUT2D eigenvalue weighted by atomic mass is 16.3. The third-order valence-electron chi connectivity index (χ3n) is 1.86. The molecule has 13 heavy (non-hydrogen) atoms. The molecule has 0 aliphatic carbocycles. The van der Waals surface area contributed by atoms with Crippen LogP contribution in [0.2, 0.25) is 0 Å². The Morgan fingerprint density at radius 1 is 1.62 bits per heavy atom. The van der Waals surface area contributed by atoms with Crippen LogP contribution in [0.25, 0.3) is 0 Å². The number of hydrogen-bond donors (Lipinski definition) is 1. The van der Waals surface area contributed by atoms with Gasteiger partial charge in [-0.1, -0.05) is 0 Å². The molecule has 1 aliphatic heterocycles. The van der Waals surface area contributed by atoms with Crippen LogP contribution < -0.4 is 0 Å². The van der Waals surface area contributed by atoms with Gasteiger partial charge >= 0.3 is 0 Å². The minimum absolute atomic E-state index is 0.0230. The predicted molar refractivity (Wildman–Crippen MR) is 41.9 cm³/mol. The Morgan fingerprint density at radius 3 is 2.69 bits per heavy atom. The Labute approximate surface area is 74.9 Å². The first-order valence-electron chi connectivity index (χ1n) is 3.67. The first kappa shape index (κ1) is 9.42. The van der Waals surface area contributed by atoms with E-state index in [1.807, 2.05) is 0 Å². The molecule has 0 radical (unpaired) electrons. The van der Waals surface area contributed by atoms with Gasteiger partial charge in [0.05, 0.1) is 0 Å². The number of rotatable bonds is 1. The fourth-order valence-corrected chi connectivity index (χ4v) is 1.13. The summed E-state index contributed by atoms with van der Waals surface area (Å²) in [5, 5.41) is 17.3. The van der Waals surface area contributed by atoms with Crippen LogP contribution in [-0.2, 0) is 9.59 Å². The molecule has 0 unspecified atom stereocenters. The molecule has 68 valence electrons. The van der Waals surface area contributed by atoms with Crippen LogP contribution in [0.4, 0.5) is 0 Å². The largest absolute Gasteiger partial charge is 0.376 e. The first-order chi connectivity index (χ1) is 6.11. The van der Waals surface area contributed by atoms with E-state index in [-0.39, 0.29) is 12.0 Å². The van der Waals surface area contributed by atoms with Gasteiger partial charge in [-0.05, 0) is 12.5 Å². The summed E-state index contributed by atoms with van der Waals surface area (Å²) in [4.78, 5) is 23.0. The fraction of sp³-hybridized carbons (Fsp3) is 0.375.